The van der Waals surface area contributed by atoms with E-state index in [1.807, 2.05) is 30.1 Å². The second kappa shape index (κ2) is 5.40. The van der Waals surface area contributed by atoms with Gasteiger partial charge in [-0.3, -0.25) is 4.68 Å². The number of fused-ring (bicyclic) bond motifs is 1. The molecular formula is C14H16BrN5O. The summed E-state index contributed by atoms with van der Waals surface area (Å²) in [7, 11) is 1.93. The van der Waals surface area contributed by atoms with Crippen LogP contribution < -0.4 is 11.0 Å². The van der Waals surface area contributed by atoms with Crippen molar-refractivity contribution in [1.82, 2.24) is 19.7 Å². The Bertz CT molecular complexity index is 845. The molecule has 110 valence electrons. The van der Waals surface area contributed by atoms with E-state index in [1.54, 1.807) is 0 Å². The van der Waals surface area contributed by atoms with Crippen LogP contribution in [0.2, 0.25) is 0 Å². The van der Waals surface area contributed by atoms with Crippen LogP contribution in [0.3, 0.4) is 0 Å². The second-order valence-corrected chi connectivity index (χ2v) is 5.79. The molecule has 0 amide bonds. The van der Waals surface area contributed by atoms with Gasteiger partial charge in [-0.15, -0.1) is 0 Å². The fourth-order valence-corrected chi connectivity index (χ4v) is 2.89. The van der Waals surface area contributed by atoms with Crippen molar-refractivity contribution >= 4 is 32.7 Å². The SMILES string of the molecule is CCc1nn(C)cc1CNc1cc2[nH]c(=O)[nH]c2cc1Br. The van der Waals surface area contributed by atoms with Gasteiger partial charge in [-0.05, 0) is 34.5 Å². The fourth-order valence-electron chi connectivity index (χ4n) is 2.41. The molecule has 2 heterocycles. The van der Waals surface area contributed by atoms with Crippen molar-refractivity contribution in [2.75, 3.05) is 5.32 Å². The minimum atomic E-state index is -0.199. The third-order valence-electron chi connectivity index (χ3n) is 3.40. The van der Waals surface area contributed by atoms with Gasteiger partial charge in [-0.25, -0.2) is 4.79 Å². The molecule has 3 aromatic rings. The first-order valence-electron chi connectivity index (χ1n) is 6.73. The van der Waals surface area contributed by atoms with Crippen LogP contribution in [-0.2, 0) is 20.0 Å². The fraction of sp³-hybridized carbons (Fsp3) is 0.286. The summed E-state index contributed by atoms with van der Waals surface area (Å²) >= 11 is 3.52. The zero-order valence-electron chi connectivity index (χ0n) is 11.8. The summed E-state index contributed by atoms with van der Waals surface area (Å²) in [4.78, 5) is 16.8. The molecule has 21 heavy (non-hydrogen) atoms. The number of H-pyrrole nitrogens is 2. The number of rotatable bonds is 4. The van der Waals surface area contributed by atoms with Crippen molar-refractivity contribution in [3.63, 3.8) is 0 Å². The van der Waals surface area contributed by atoms with Crippen molar-refractivity contribution in [3.8, 4) is 0 Å². The van der Waals surface area contributed by atoms with Gasteiger partial charge in [0.05, 0.1) is 22.4 Å². The molecule has 2 aromatic heterocycles. The third-order valence-corrected chi connectivity index (χ3v) is 4.06. The Kier molecular flexibility index (Phi) is 3.59. The minimum Gasteiger partial charge on any atom is -0.380 e. The molecule has 0 spiro atoms. The van der Waals surface area contributed by atoms with Crippen molar-refractivity contribution < 1.29 is 0 Å². The maximum atomic E-state index is 11.3. The van der Waals surface area contributed by atoms with E-state index in [0.717, 1.165) is 33.3 Å². The van der Waals surface area contributed by atoms with E-state index in [9.17, 15) is 4.79 Å². The molecule has 7 heteroatoms. The average Bonchev–Trinajstić information content (AvgIpc) is 2.97. The monoisotopic (exact) mass is 349 g/mol. The molecule has 1 aromatic carbocycles. The first-order valence-corrected chi connectivity index (χ1v) is 7.53. The van der Waals surface area contributed by atoms with Crippen LogP contribution in [0.15, 0.2) is 27.6 Å². The van der Waals surface area contributed by atoms with Crippen LogP contribution >= 0.6 is 15.9 Å². The molecular weight excluding hydrogens is 334 g/mol. The normalized spacial score (nSPS) is 11.2. The second-order valence-electron chi connectivity index (χ2n) is 4.94. The molecule has 0 bridgehead atoms. The van der Waals surface area contributed by atoms with Crippen LogP contribution in [0.4, 0.5) is 5.69 Å². The standard InChI is InChI=1S/C14H16BrN5O/c1-3-10-8(7-20(2)19-10)6-16-11-5-13-12(4-9(11)15)17-14(21)18-13/h4-5,7,16H,3,6H2,1-2H3,(H2,17,18,21). The summed E-state index contributed by atoms with van der Waals surface area (Å²) in [6.07, 6.45) is 2.93. The molecule has 0 unspecified atom stereocenters. The van der Waals surface area contributed by atoms with Crippen molar-refractivity contribution in [2.45, 2.75) is 19.9 Å². The van der Waals surface area contributed by atoms with Gasteiger partial charge in [0.25, 0.3) is 0 Å². The van der Waals surface area contributed by atoms with E-state index in [4.69, 9.17) is 0 Å². The van der Waals surface area contributed by atoms with Crippen LogP contribution in [-0.4, -0.2) is 19.7 Å². The number of aromatic amines is 2. The third kappa shape index (κ3) is 2.73. The molecule has 6 nitrogen and oxygen atoms in total. The maximum absolute atomic E-state index is 11.3. The topological polar surface area (TPSA) is 78.5 Å². The molecule has 0 aliphatic heterocycles. The zero-order valence-corrected chi connectivity index (χ0v) is 13.4. The summed E-state index contributed by atoms with van der Waals surface area (Å²) in [5.74, 6) is 0. The minimum absolute atomic E-state index is 0.199. The molecule has 3 rings (SSSR count). The summed E-state index contributed by atoms with van der Waals surface area (Å²) < 4.78 is 2.74. The van der Waals surface area contributed by atoms with E-state index in [0.29, 0.717) is 6.54 Å². The number of nitrogens with zero attached hydrogens (tertiary/aromatic N) is 2. The van der Waals surface area contributed by atoms with Gasteiger partial charge < -0.3 is 15.3 Å². The average molecular weight is 350 g/mol. The highest BCUT2D eigenvalue weighted by Crippen LogP contribution is 2.27. The molecule has 0 aliphatic carbocycles. The Hall–Kier alpha value is -2.02. The summed E-state index contributed by atoms with van der Waals surface area (Å²) in [5.41, 5.74) is 4.57. The molecule has 0 fully saturated rings. The first kappa shape index (κ1) is 13.9. The predicted octanol–water partition coefficient (Wildman–Crippen LogP) is 2.53. The van der Waals surface area contributed by atoms with Gasteiger partial charge in [-0.1, -0.05) is 6.92 Å². The number of imidazole rings is 1. The van der Waals surface area contributed by atoms with Crippen molar-refractivity contribution in [1.29, 1.82) is 0 Å². The summed E-state index contributed by atoms with van der Waals surface area (Å²) in [6, 6.07) is 3.80. The number of benzene rings is 1. The van der Waals surface area contributed by atoms with Gasteiger partial charge in [0.15, 0.2) is 0 Å². The Morgan fingerprint density at radius 1 is 1.33 bits per heavy atom. The highest BCUT2D eigenvalue weighted by atomic mass is 79.9. The lowest BCUT2D eigenvalue weighted by atomic mass is 10.2. The van der Waals surface area contributed by atoms with E-state index in [2.05, 4.69) is 43.2 Å². The largest absolute Gasteiger partial charge is 0.380 e. The lowest BCUT2D eigenvalue weighted by Crippen LogP contribution is -2.01. The highest BCUT2D eigenvalue weighted by Gasteiger charge is 2.08. The first-order chi connectivity index (χ1) is 10.1. The van der Waals surface area contributed by atoms with Gasteiger partial charge in [0.2, 0.25) is 0 Å². The van der Waals surface area contributed by atoms with Gasteiger partial charge in [-0.2, -0.15) is 5.10 Å². The predicted molar refractivity (Wildman–Crippen MR) is 86.5 cm³/mol. The highest BCUT2D eigenvalue weighted by molar-refractivity contribution is 9.10. The van der Waals surface area contributed by atoms with Crippen LogP contribution in [0.1, 0.15) is 18.2 Å². The van der Waals surface area contributed by atoms with Gasteiger partial charge in [0, 0.05) is 29.8 Å². The lowest BCUT2D eigenvalue weighted by molar-refractivity contribution is 0.746. The molecule has 0 atom stereocenters. The molecule has 0 radical (unpaired) electrons. The number of aromatic nitrogens is 4. The van der Waals surface area contributed by atoms with Crippen molar-refractivity contribution in [3.05, 3.63) is 44.5 Å². The molecule has 0 saturated heterocycles. The van der Waals surface area contributed by atoms with Crippen LogP contribution in [0.25, 0.3) is 11.0 Å². The molecule has 0 aliphatic rings. The van der Waals surface area contributed by atoms with E-state index < -0.39 is 0 Å². The zero-order chi connectivity index (χ0) is 15.0. The number of halogens is 1. The number of aryl methyl sites for hydroxylation is 2. The quantitative estimate of drug-likeness (QED) is 0.677. The van der Waals surface area contributed by atoms with Crippen LogP contribution in [0.5, 0.6) is 0 Å². The lowest BCUT2D eigenvalue weighted by Gasteiger charge is -2.08. The summed E-state index contributed by atoms with van der Waals surface area (Å²) in [6.45, 7) is 2.79. The van der Waals surface area contributed by atoms with Crippen LogP contribution in [0, 0.1) is 0 Å². The summed E-state index contributed by atoms with van der Waals surface area (Å²) in [5, 5.41) is 7.81. The number of nitrogens with one attached hydrogen (secondary N) is 3. The van der Waals surface area contributed by atoms with E-state index in [-0.39, 0.29) is 5.69 Å². The Morgan fingerprint density at radius 2 is 2.05 bits per heavy atom. The Morgan fingerprint density at radius 3 is 2.76 bits per heavy atom. The Labute approximate surface area is 129 Å². The van der Waals surface area contributed by atoms with Gasteiger partial charge in [0.1, 0.15) is 0 Å². The van der Waals surface area contributed by atoms with Gasteiger partial charge >= 0.3 is 5.69 Å². The molecule has 0 saturated carbocycles. The maximum Gasteiger partial charge on any atom is 0.323 e. The van der Waals surface area contributed by atoms with E-state index in [1.165, 1.54) is 5.56 Å². The molecule has 3 N–H and O–H groups in total. The number of anilines is 1. The van der Waals surface area contributed by atoms with E-state index >= 15 is 0 Å². The smallest absolute Gasteiger partial charge is 0.323 e. The Balaban J connectivity index is 1.87. The number of hydrogen-bond acceptors (Lipinski definition) is 3. The van der Waals surface area contributed by atoms with Crippen molar-refractivity contribution in [2.24, 2.45) is 7.05 Å². The number of hydrogen-bond donors (Lipinski definition) is 3.